The fourth-order valence-corrected chi connectivity index (χ4v) is 3.17. The molecular formula is C16H17N5OS2. The van der Waals surface area contributed by atoms with Gasteiger partial charge in [0.1, 0.15) is 5.82 Å². The standard InChI is InChI=1S/C16H17N5OS2/c1-10-5-3-4-6-11(10)7-14(22)18-15-17-12(9-24-15)8-13-19-20-16(23)21(13)2/h3-6,9H,7-8H2,1-2H3,(H,20,23)(H,17,18,22). The minimum atomic E-state index is -0.0663. The zero-order valence-corrected chi connectivity index (χ0v) is 15.0. The van der Waals surface area contributed by atoms with Gasteiger partial charge in [-0.3, -0.25) is 9.89 Å². The number of rotatable bonds is 5. The van der Waals surface area contributed by atoms with Crippen LogP contribution in [-0.2, 0) is 24.7 Å². The van der Waals surface area contributed by atoms with Gasteiger partial charge in [0.25, 0.3) is 0 Å². The van der Waals surface area contributed by atoms with Gasteiger partial charge in [-0.05, 0) is 30.3 Å². The van der Waals surface area contributed by atoms with Crippen molar-refractivity contribution in [1.29, 1.82) is 0 Å². The number of aromatic amines is 1. The highest BCUT2D eigenvalue weighted by molar-refractivity contribution is 7.71. The first-order chi connectivity index (χ1) is 11.5. The van der Waals surface area contributed by atoms with Gasteiger partial charge in [-0.2, -0.15) is 5.10 Å². The zero-order valence-electron chi connectivity index (χ0n) is 13.4. The second kappa shape index (κ2) is 7.06. The molecule has 1 aromatic carbocycles. The van der Waals surface area contributed by atoms with Gasteiger partial charge in [0, 0.05) is 12.4 Å². The second-order valence-corrected chi connectivity index (χ2v) is 6.72. The van der Waals surface area contributed by atoms with Gasteiger partial charge < -0.3 is 9.88 Å². The summed E-state index contributed by atoms with van der Waals surface area (Å²) in [7, 11) is 1.86. The molecule has 0 fully saturated rings. The van der Waals surface area contributed by atoms with E-state index >= 15 is 0 Å². The third-order valence-electron chi connectivity index (χ3n) is 3.72. The molecular weight excluding hydrogens is 342 g/mol. The Hall–Kier alpha value is -2.32. The minimum absolute atomic E-state index is 0.0663. The molecule has 6 nitrogen and oxygen atoms in total. The average molecular weight is 359 g/mol. The van der Waals surface area contributed by atoms with E-state index in [2.05, 4.69) is 20.5 Å². The first-order valence-corrected chi connectivity index (χ1v) is 8.71. The third kappa shape index (κ3) is 3.77. The molecule has 0 aliphatic carbocycles. The van der Waals surface area contributed by atoms with Crippen molar-refractivity contribution < 1.29 is 4.79 Å². The number of anilines is 1. The number of nitrogens with zero attached hydrogens (tertiary/aromatic N) is 3. The number of aromatic nitrogens is 4. The number of aryl methyl sites for hydroxylation is 1. The monoisotopic (exact) mass is 359 g/mol. The lowest BCUT2D eigenvalue weighted by molar-refractivity contribution is -0.115. The van der Waals surface area contributed by atoms with Gasteiger partial charge in [0.15, 0.2) is 9.90 Å². The number of H-pyrrole nitrogens is 1. The highest BCUT2D eigenvalue weighted by atomic mass is 32.1. The van der Waals surface area contributed by atoms with Crippen molar-refractivity contribution in [2.24, 2.45) is 7.05 Å². The molecule has 0 spiro atoms. The molecule has 2 N–H and O–H groups in total. The van der Waals surface area contributed by atoms with Gasteiger partial charge >= 0.3 is 0 Å². The highest BCUT2D eigenvalue weighted by Gasteiger charge is 2.11. The molecule has 0 radical (unpaired) electrons. The van der Waals surface area contributed by atoms with E-state index in [0.29, 0.717) is 22.7 Å². The lowest BCUT2D eigenvalue weighted by atomic mass is 10.1. The van der Waals surface area contributed by atoms with Crippen LogP contribution < -0.4 is 5.32 Å². The summed E-state index contributed by atoms with van der Waals surface area (Å²) in [5.41, 5.74) is 2.98. The molecule has 0 saturated carbocycles. The Balaban J connectivity index is 1.63. The van der Waals surface area contributed by atoms with Crippen molar-refractivity contribution in [2.75, 3.05) is 5.32 Å². The smallest absolute Gasteiger partial charge is 0.230 e. The maximum Gasteiger partial charge on any atom is 0.230 e. The van der Waals surface area contributed by atoms with Crippen molar-refractivity contribution in [1.82, 2.24) is 19.7 Å². The van der Waals surface area contributed by atoms with Gasteiger partial charge in [-0.15, -0.1) is 11.3 Å². The van der Waals surface area contributed by atoms with E-state index < -0.39 is 0 Å². The number of hydrogen-bond donors (Lipinski definition) is 2. The summed E-state index contributed by atoms with van der Waals surface area (Å²) in [4.78, 5) is 16.6. The summed E-state index contributed by atoms with van der Waals surface area (Å²) >= 11 is 6.50. The van der Waals surface area contributed by atoms with E-state index in [9.17, 15) is 4.79 Å². The molecule has 0 unspecified atom stereocenters. The number of carbonyl (C=O) groups excluding carboxylic acids is 1. The maximum atomic E-state index is 12.2. The molecule has 2 aromatic heterocycles. The SMILES string of the molecule is Cc1ccccc1CC(=O)Nc1nc(Cc2n[nH]c(=S)n2C)cs1. The lowest BCUT2D eigenvalue weighted by Gasteiger charge is -2.05. The number of benzene rings is 1. The van der Waals surface area contributed by atoms with E-state index in [1.54, 1.807) is 0 Å². The van der Waals surface area contributed by atoms with Gasteiger partial charge in [0.2, 0.25) is 5.91 Å². The normalized spacial score (nSPS) is 10.8. The summed E-state index contributed by atoms with van der Waals surface area (Å²) in [5.74, 6) is 0.742. The van der Waals surface area contributed by atoms with Crippen LogP contribution in [0.4, 0.5) is 5.13 Å². The first-order valence-electron chi connectivity index (χ1n) is 7.42. The van der Waals surface area contributed by atoms with Crippen LogP contribution in [0.5, 0.6) is 0 Å². The van der Waals surface area contributed by atoms with Crippen LogP contribution in [0.3, 0.4) is 0 Å². The number of carbonyl (C=O) groups is 1. The molecule has 0 aliphatic rings. The number of nitrogens with one attached hydrogen (secondary N) is 2. The van der Waals surface area contributed by atoms with Crippen molar-refractivity contribution in [3.63, 3.8) is 0 Å². The second-order valence-electron chi connectivity index (χ2n) is 5.48. The van der Waals surface area contributed by atoms with Crippen molar-refractivity contribution >= 4 is 34.6 Å². The van der Waals surface area contributed by atoms with E-state index in [1.807, 2.05) is 48.2 Å². The van der Waals surface area contributed by atoms with E-state index in [0.717, 1.165) is 22.6 Å². The Morgan fingerprint density at radius 2 is 2.21 bits per heavy atom. The van der Waals surface area contributed by atoms with Gasteiger partial charge in [-0.1, -0.05) is 24.3 Å². The molecule has 0 aliphatic heterocycles. The van der Waals surface area contributed by atoms with Crippen LogP contribution >= 0.6 is 23.6 Å². The fraction of sp³-hybridized carbons (Fsp3) is 0.250. The largest absolute Gasteiger partial charge is 0.307 e. The number of thiazole rings is 1. The zero-order chi connectivity index (χ0) is 17.1. The van der Waals surface area contributed by atoms with Crippen molar-refractivity contribution in [2.45, 2.75) is 19.8 Å². The van der Waals surface area contributed by atoms with E-state index in [4.69, 9.17) is 12.2 Å². The molecule has 0 bridgehead atoms. The van der Waals surface area contributed by atoms with Crippen LogP contribution in [-0.4, -0.2) is 25.7 Å². The summed E-state index contributed by atoms with van der Waals surface area (Å²) < 4.78 is 2.39. The predicted molar refractivity (Wildman–Crippen MR) is 96.8 cm³/mol. The lowest BCUT2D eigenvalue weighted by Crippen LogP contribution is -2.15. The third-order valence-corrected chi connectivity index (χ3v) is 4.89. The molecule has 24 heavy (non-hydrogen) atoms. The Bertz CT molecular complexity index is 924. The molecule has 3 rings (SSSR count). The number of hydrogen-bond acceptors (Lipinski definition) is 5. The molecule has 8 heteroatoms. The first kappa shape index (κ1) is 16.5. The summed E-state index contributed by atoms with van der Waals surface area (Å²) in [6.45, 7) is 2.00. The highest BCUT2D eigenvalue weighted by Crippen LogP contribution is 2.18. The van der Waals surface area contributed by atoms with Crippen LogP contribution in [0.2, 0.25) is 0 Å². The summed E-state index contributed by atoms with van der Waals surface area (Å²) in [6, 6.07) is 7.87. The molecule has 3 aromatic rings. The molecule has 124 valence electrons. The van der Waals surface area contributed by atoms with E-state index in [-0.39, 0.29) is 5.91 Å². The maximum absolute atomic E-state index is 12.2. The predicted octanol–water partition coefficient (Wildman–Crippen LogP) is 3.01. The molecule has 1 amide bonds. The summed E-state index contributed by atoms with van der Waals surface area (Å²) in [5, 5.41) is 12.3. The van der Waals surface area contributed by atoms with E-state index in [1.165, 1.54) is 11.3 Å². The van der Waals surface area contributed by atoms with Crippen molar-refractivity contribution in [3.8, 4) is 0 Å². The summed E-state index contributed by atoms with van der Waals surface area (Å²) in [6.07, 6.45) is 0.906. The Morgan fingerprint density at radius 1 is 1.42 bits per heavy atom. The Morgan fingerprint density at radius 3 is 2.92 bits per heavy atom. The van der Waals surface area contributed by atoms with Crippen molar-refractivity contribution in [3.05, 3.63) is 57.1 Å². The Kier molecular flexibility index (Phi) is 4.86. The fourth-order valence-electron chi connectivity index (χ4n) is 2.29. The topological polar surface area (TPSA) is 75.6 Å². The molecule has 0 atom stereocenters. The van der Waals surface area contributed by atoms with Crippen LogP contribution in [0.25, 0.3) is 0 Å². The Labute approximate surface area is 148 Å². The van der Waals surface area contributed by atoms with Crippen LogP contribution in [0, 0.1) is 11.7 Å². The average Bonchev–Trinajstić information content (AvgIpc) is 3.11. The van der Waals surface area contributed by atoms with Gasteiger partial charge in [-0.25, -0.2) is 4.98 Å². The minimum Gasteiger partial charge on any atom is -0.307 e. The van der Waals surface area contributed by atoms with Crippen LogP contribution in [0.1, 0.15) is 22.6 Å². The van der Waals surface area contributed by atoms with Gasteiger partial charge in [0.05, 0.1) is 18.5 Å². The quantitative estimate of drug-likeness (QED) is 0.687. The molecule has 2 heterocycles. The van der Waals surface area contributed by atoms with Crippen LogP contribution in [0.15, 0.2) is 29.6 Å². The number of amides is 1. The molecule has 0 saturated heterocycles.